The highest BCUT2D eigenvalue weighted by Crippen LogP contribution is 2.24. The minimum Gasteiger partial charge on any atom is -0.376 e. The molecular formula is C14H20Cl2N2O. The SMILES string of the molecule is CCCN(CCC)C(=O)CNc1ccc(Cl)c(Cl)c1. The quantitative estimate of drug-likeness (QED) is 0.824. The Hall–Kier alpha value is -0.930. The van der Waals surface area contributed by atoms with Gasteiger partial charge >= 0.3 is 0 Å². The minimum absolute atomic E-state index is 0.106. The van der Waals surface area contributed by atoms with Gasteiger partial charge in [0.15, 0.2) is 0 Å². The van der Waals surface area contributed by atoms with Gasteiger partial charge in [0.1, 0.15) is 0 Å². The zero-order valence-electron chi connectivity index (χ0n) is 11.4. The van der Waals surface area contributed by atoms with Crippen LogP contribution in [0.4, 0.5) is 5.69 Å². The van der Waals surface area contributed by atoms with Gasteiger partial charge in [0.05, 0.1) is 16.6 Å². The average molecular weight is 303 g/mol. The molecule has 0 aliphatic rings. The van der Waals surface area contributed by atoms with Gasteiger partial charge in [0.25, 0.3) is 0 Å². The summed E-state index contributed by atoms with van der Waals surface area (Å²) < 4.78 is 0. The van der Waals surface area contributed by atoms with Crippen LogP contribution < -0.4 is 5.32 Å². The summed E-state index contributed by atoms with van der Waals surface area (Å²) in [6, 6.07) is 5.25. The van der Waals surface area contributed by atoms with Gasteiger partial charge in [-0.1, -0.05) is 37.0 Å². The molecule has 0 fully saturated rings. The Morgan fingerprint density at radius 2 is 1.79 bits per heavy atom. The van der Waals surface area contributed by atoms with Crippen LogP contribution in [0.25, 0.3) is 0 Å². The van der Waals surface area contributed by atoms with Gasteiger partial charge in [0.2, 0.25) is 5.91 Å². The van der Waals surface area contributed by atoms with Crippen LogP contribution in [-0.4, -0.2) is 30.4 Å². The fourth-order valence-electron chi connectivity index (χ4n) is 1.80. The normalized spacial score (nSPS) is 10.3. The lowest BCUT2D eigenvalue weighted by Gasteiger charge is -2.21. The molecule has 0 saturated carbocycles. The number of hydrogen-bond donors (Lipinski definition) is 1. The number of amides is 1. The highest BCUT2D eigenvalue weighted by Gasteiger charge is 2.11. The van der Waals surface area contributed by atoms with E-state index in [-0.39, 0.29) is 12.5 Å². The molecule has 1 rings (SSSR count). The molecule has 1 aromatic carbocycles. The first kappa shape index (κ1) is 16.1. The van der Waals surface area contributed by atoms with Crippen molar-refractivity contribution in [1.82, 2.24) is 4.90 Å². The summed E-state index contributed by atoms with van der Waals surface area (Å²) in [6.07, 6.45) is 1.94. The summed E-state index contributed by atoms with van der Waals surface area (Å²) in [4.78, 5) is 13.9. The predicted molar refractivity (Wildman–Crippen MR) is 82.1 cm³/mol. The molecule has 19 heavy (non-hydrogen) atoms. The predicted octanol–water partition coefficient (Wildman–Crippen LogP) is 4.05. The van der Waals surface area contributed by atoms with E-state index in [1.54, 1.807) is 12.1 Å². The second kappa shape index (κ2) is 8.28. The number of nitrogens with one attached hydrogen (secondary N) is 1. The van der Waals surface area contributed by atoms with E-state index in [1.807, 2.05) is 11.0 Å². The Bertz CT molecular complexity index is 418. The molecule has 1 aromatic rings. The molecule has 0 radical (unpaired) electrons. The largest absolute Gasteiger partial charge is 0.376 e. The molecule has 0 unspecified atom stereocenters. The van der Waals surface area contributed by atoms with Gasteiger partial charge in [0, 0.05) is 18.8 Å². The fourth-order valence-corrected chi connectivity index (χ4v) is 2.09. The van der Waals surface area contributed by atoms with Gasteiger partial charge in [-0.15, -0.1) is 0 Å². The van der Waals surface area contributed by atoms with E-state index in [9.17, 15) is 4.79 Å². The molecule has 0 spiro atoms. The van der Waals surface area contributed by atoms with Crippen molar-refractivity contribution in [2.24, 2.45) is 0 Å². The second-order valence-corrected chi connectivity index (χ2v) is 5.18. The van der Waals surface area contributed by atoms with Crippen LogP contribution in [0.3, 0.4) is 0 Å². The number of anilines is 1. The number of rotatable bonds is 7. The van der Waals surface area contributed by atoms with E-state index < -0.39 is 0 Å². The first-order valence-corrected chi connectivity index (χ1v) is 7.30. The molecule has 0 bridgehead atoms. The van der Waals surface area contributed by atoms with Gasteiger partial charge in [-0.2, -0.15) is 0 Å². The van der Waals surface area contributed by atoms with Crippen molar-refractivity contribution in [1.29, 1.82) is 0 Å². The Kier molecular flexibility index (Phi) is 7.03. The Morgan fingerprint density at radius 3 is 2.32 bits per heavy atom. The molecule has 5 heteroatoms. The molecule has 0 aliphatic carbocycles. The van der Waals surface area contributed by atoms with Gasteiger partial charge in [-0.3, -0.25) is 4.79 Å². The third-order valence-corrected chi connectivity index (χ3v) is 3.44. The second-order valence-electron chi connectivity index (χ2n) is 4.36. The van der Waals surface area contributed by atoms with Crippen molar-refractivity contribution in [3.63, 3.8) is 0 Å². The van der Waals surface area contributed by atoms with Crippen molar-refractivity contribution in [3.05, 3.63) is 28.2 Å². The van der Waals surface area contributed by atoms with E-state index >= 15 is 0 Å². The lowest BCUT2D eigenvalue weighted by atomic mass is 10.3. The molecular weight excluding hydrogens is 283 g/mol. The van der Waals surface area contributed by atoms with Crippen molar-refractivity contribution in [2.45, 2.75) is 26.7 Å². The van der Waals surface area contributed by atoms with Gasteiger partial charge in [-0.05, 0) is 31.0 Å². The minimum atomic E-state index is 0.106. The monoisotopic (exact) mass is 302 g/mol. The van der Waals surface area contributed by atoms with Crippen molar-refractivity contribution in [2.75, 3.05) is 25.0 Å². The lowest BCUT2D eigenvalue weighted by Crippen LogP contribution is -2.36. The van der Waals surface area contributed by atoms with Crippen LogP contribution in [0.15, 0.2) is 18.2 Å². The number of hydrogen-bond acceptors (Lipinski definition) is 2. The molecule has 106 valence electrons. The van der Waals surface area contributed by atoms with E-state index in [1.165, 1.54) is 0 Å². The molecule has 1 amide bonds. The molecule has 0 aliphatic heterocycles. The van der Waals surface area contributed by atoms with E-state index in [4.69, 9.17) is 23.2 Å². The van der Waals surface area contributed by atoms with Crippen LogP contribution in [0, 0.1) is 0 Å². The summed E-state index contributed by atoms with van der Waals surface area (Å²) in [5, 5.41) is 4.07. The maximum atomic E-state index is 12.1. The highest BCUT2D eigenvalue weighted by molar-refractivity contribution is 6.42. The maximum absolute atomic E-state index is 12.1. The average Bonchev–Trinajstić information content (AvgIpc) is 2.39. The van der Waals surface area contributed by atoms with Crippen LogP contribution in [0.5, 0.6) is 0 Å². The third-order valence-electron chi connectivity index (χ3n) is 2.70. The van der Waals surface area contributed by atoms with E-state index in [0.717, 1.165) is 31.6 Å². The molecule has 0 heterocycles. The Balaban J connectivity index is 2.54. The Labute approximate surface area is 124 Å². The zero-order chi connectivity index (χ0) is 14.3. The van der Waals surface area contributed by atoms with Crippen LogP contribution in [0.2, 0.25) is 10.0 Å². The number of carbonyl (C=O) groups excluding carboxylic acids is 1. The van der Waals surface area contributed by atoms with Crippen LogP contribution in [0.1, 0.15) is 26.7 Å². The number of carbonyl (C=O) groups is 1. The topological polar surface area (TPSA) is 32.3 Å². The van der Waals surface area contributed by atoms with Crippen molar-refractivity contribution >= 4 is 34.8 Å². The number of halogens is 2. The Morgan fingerprint density at radius 1 is 1.16 bits per heavy atom. The first-order valence-electron chi connectivity index (χ1n) is 6.55. The van der Waals surface area contributed by atoms with Crippen LogP contribution >= 0.6 is 23.2 Å². The van der Waals surface area contributed by atoms with Crippen molar-refractivity contribution in [3.8, 4) is 0 Å². The number of nitrogens with zero attached hydrogens (tertiary/aromatic N) is 1. The third kappa shape index (κ3) is 5.29. The van der Waals surface area contributed by atoms with Gasteiger partial charge in [-0.25, -0.2) is 0 Å². The molecule has 0 aromatic heterocycles. The fraction of sp³-hybridized carbons (Fsp3) is 0.500. The summed E-state index contributed by atoms with van der Waals surface area (Å²) >= 11 is 11.8. The smallest absolute Gasteiger partial charge is 0.241 e. The van der Waals surface area contributed by atoms with Crippen molar-refractivity contribution < 1.29 is 4.79 Å². The summed E-state index contributed by atoms with van der Waals surface area (Å²) in [5.74, 6) is 0.106. The highest BCUT2D eigenvalue weighted by atomic mass is 35.5. The first-order chi connectivity index (χ1) is 9.08. The van der Waals surface area contributed by atoms with Crippen LogP contribution in [-0.2, 0) is 4.79 Å². The zero-order valence-corrected chi connectivity index (χ0v) is 12.9. The molecule has 0 atom stereocenters. The summed E-state index contributed by atoms with van der Waals surface area (Å²) in [5.41, 5.74) is 0.802. The summed E-state index contributed by atoms with van der Waals surface area (Å²) in [6.45, 7) is 6.02. The molecule has 0 saturated heterocycles. The number of benzene rings is 1. The molecule has 3 nitrogen and oxygen atoms in total. The standard InChI is InChI=1S/C14H20Cl2N2O/c1-3-7-18(8-4-2)14(19)10-17-11-5-6-12(15)13(16)9-11/h5-6,9,17H,3-4,7-8,10H2,1-2H3. The van der Waals surface area contributed by atoms with E-state index in [0.29, 0.717) is 10.0 Å². The lowest BCUT2D eigenvalue weighted by molar-refractivity contribution is -0.129. The summed E-state index contributed by atoms with van der Waals surface area (Å²) in [7, 11) is 0. The van der Waals surface area contributed by atoms with Gasteiger partial charge < -0.3 is 10.2 Å². The molecule has 1 N–H and O–H groups in total. The maximum Gasteiger partial charge on any atom is 0.241 e. The van der Waals surface area contributed by atoms with E-state index in [2.05, 4.69) is 19.2 Å².